The van der Waals surface area contributed by atoms with Crippen LogP contribution in [0, 0.1) is 0 Å². The summed E-state index contributed by atoms with van der Waals surface area (Å²) in [5.41, 5.74) is 0. The van der Waals surface area contributed by atoms with Gasteiger partial charge in [0, 0.05) is 105 Å². The maximum Gasteiger partial charge on any atom is 0 e. The molecule has 2 radical (unpaired) electrons. The van der Waals surface area contributed by atoms with Crippen LogP contribution in [0.25, 0.3) is 0 Å². The molecule has 0 saturated carbocycles. The first-order valence-corrected chi connectivity index (χ1v) is 0. The first-order valence-electron chi connectivity index (χ1n) is 0. The van der Waals surface area contributed by atoms with Crippen molar-refractivity contribution in [1.29, 1.82) is 0 Å². The zero-order valence-electron chi connectivity index (χ0n) is 2.71. The third kappa shape index (κ3) is 17.8. The van der Waals surface area contributed by atoms with Crippen molar-refractivity contribution in [1.82, 2.24) is 0 Å². The van der Waals surface area contributed by atoms with Crippen LogP contribution in [0.4, 0.5) is 0 Å². The molecular weight excluding hydrogens is 484 g/mol. The van der Waals surface area contributed by atoms with Crippen LogP contribution in [-0.4, -0.2) is 23.9 Å². The van der Waals surface area contributed by atoms with E-state index >= 15 is 0 Å². The molecule has 0 aliphatic carbocycles. The van der Waals surface area contributed by atoms with Crippen molar-refractivity contribution in [3.8, 4) is 0 Å². The monoisotopic (exact) mass is 482 g/mol. The third-order valence-corrected chi connectivity index (χ3v) is 0. The van der Waals surface area contributed by atoms with Crippen LogP contribution >= 0.6 is 0 Å². The van der Waals surface area contributed by atoms with E-state index in [0.29, 0.717) is 0 Å². The van der Waals surface area contributed by atoms with Gasteiger partial charge in [0.1, 0.15) is 0 Å². The number of rotatable bonds is 0. The van der Waals surface area contributed by atoms with Crippen LogP contribution in [0.1, 0.15) is 0 Å². The van der Waals surface area contributed by atoms with E-state index in [1.807, 2.05) is 0 Å². The molecule has 0 saturated heterocycles. The molecule has 0 aromatic heterocycles. The van der Waals surface area contributed by atoms with Gasteiger partial charge >= 0.3 is 23.9 Å². The zero-order chi connectivity index (χ0) is 0. The van der Waals surface area contributed by atoms with Gasteiger partial charge in [0.15, 0.2) is 0 Å². The van der Waals surface area contributed by atoms with Gasteiger partial charge < -0.3 is 0 Å². The molecule has 0 bridgehead atoms. The van der Waals surface area contributed by atoms with Gasteiger partial charge in [0.05, 0.1) is 0 Å². The SMILES string of the molecule is [SnH2].[Zr].[Zr].[Zr].[Zr]. The van der Waals surface area contributed by atoms with Gasteiger partial charge in [-0.2, -0.15) is 0 Å². The van der Waals surface area contributed by atoms with Crippen molar-refractivity contribution in [3.05, 3.63) is 0 Å². The van der Waals surface area contributed by atoms with Crippen molar-refractivity contribution in [3.63, 3.8) is 0 Å². The molecule has 0 aliphatic heterocycles. The average Bonchev–Trinajstić information content (AvgIpc) is 0. The van der Waals surface area contributed by atoms with Gasteiger partial charge in [0.2, 0.25) is 0 Å². The van der Waals surface area contributed by atoms with Crippen LogP contribution in [0.2, 0.25) is 0 Å². The average molecular weight is 486 g/mol. The summed E-state index contributed by atoms with van der Waals surface area (Å²) in [5, 5.41) is 0. The van der Waals surface area contributed by atoms with Crippen molar-refractivity contribution in [2.24, 2.45) is 0 Å². The normalized spacial score (nSPS) is 0. The van der Waals surface area contributed by atoms with E-state index in [4.69, 9.17) is 0 Å². The summed E-state index contributed by atoms with van der Waals surface area (Å²) in [7, 11) is 0. The maximum absolute atomic E-state index is 0. The van der Waals surface area contributed by atoms with E-state index in [-0.39, 0.29) is 129 Å². The predicted octanol–water partition coefficient (Wildman–Crippen LogP) is -0.926. The fourth-order valence-electron chi connectivity index (χ4n) is 0. The van der Waals surface area contributed by atoms with Gasteiger partial charge in [-0.3, -0.25) is 0 Å². The zero-order valence-corrected chi connectivity index (χ0v) is 16.6. The van der Waals surface area contributed by atoms with Gasteiger partial charge in [-0.1, -0.05) is 0 Å². The molecular formula is H2SnZr4. The minimum atomic E-state index is 0. The summed E-state index contributed by atoms with van der Waals surface area (Å²) in [5.74, 6) is 0. The fourth-order valence-corrected chi connectivity index (χ4v) is 0. The first-order chi connectivity index (χ1) is 0. The van der Waals surface area contributed by atoms with Crippen LogP contribution in [0.3, 0.4) is 0 Å². The van der Waals surface area contributed by atoms with E-state index in [9.17, 15) is 0 Å². The van der Waals surface area contributed by atoms with E-state index in [1.54, 1.807) is 0 Å². The maximum atomic E-state index is 0. The van der Waals surface area contributed by atoms with Crippen LogP contribution in [0.5, 0.6) is 0 Å². The van der Waals surface area contributed by atoms with E-state index in [0.717, 1.165) is 0 Å². The smallest absolute Gasteiger partial charge is 0 e. The summed E-state index contributed by atoms with van der Waals surface area (Å²) in [6, 6.07) is 0. The summed E-state index contributed by atoms with van der Waals surface area (Å²) in [6.45, 7) is 0. The molecule has 0 aromatic rings. The Bertz CT molecular complexity index is 3.61. The molecule has 0 amide bonds. The van der Waals surface area contributed by atoms with E-state index < -0.39 is 0 Å². The summed E-state index contributed by atoms with van der Waals surface area (Å²) in [4.78, 5) is 0. The minimum Gasteiger partial charge on any atom is 0 e. The van der Waals surface area contributed by atoms with Gasteiger partial charge in [-0.25, -0.2) is 0 Å². The van der Waals surface area contributed by atoms with Crippen LogP contribution in [-0.2, 0) is 105 Å². The van der Waals surface area contributed by atoms with Crippen LogP contribution < -0.4 is 0 Å². The fraction of sp³-hybridized carbons (Fsp3) is 0. The standard InChI is InChI=1S/Sn.4Zr.2H. The molecule has 0 nitrogen and oxygen atoms in total. The number of hydrogen-bond donors (Lipinski definition) is 0. The van der Waals surface area contributed by atoms with Crippen LogP contribution in [0.15, 0.2) is 0 Å². The summed E-state index contributed by atoms with van der Waals surface area (Å²) >= 11 is 0. The molecule has 0 heterocycles. The second-order valence-electron chi connectivity index (χ2n) is 0. The van der Waals surface area contributed by atoms with Crippen molar-refractivity contribution in [2.75, 3.05) is 0 Å². The molecule has 5 heavy (non-hydrogen) atoms. The number of hydrogen-bond acceptors (Lipinski definition) is 0. The Balaban J connectivity index is 0. The van der Waals surface area contributed by atoms with Crippen molar-refractivity contribution >= 4 is 23.9 Å². The molecule has 0 unspecified atom stereocenters. The minimum absolute atomic E-state index is 0. The Kier molecular flexibility index (Phi) is 165. The molecule has 0 aliphatic rings. The van der Waals surface area contributed by atoms with Crippen molar-refractivity contribution in [2.45, 2.75) is 0 Å². The molecule has 0 fully saturated rings. The van der Waals surface area contributed by atoms with Crippen molar-refractivity contribution < 1.29 is 105 Å². The van der Waals surface area contributed by atoms with E-state index in [2.05, 4.69) is 0 Å². The van der Waals surface area contributed by atoms with Gasteiger partial charge in [0.25, 0.3) is 0 Å². The predicted molar refractivity (Wildman–Crippen MR) is 8.54 cm³/mol. The molecule has 5 heteroatoms. The Labute approximate surface area is 125 Å². The molecule has 0 spiro atoms. The molecule has 0 rings (SSSR count). The second-order valence-corrected chi connectivity index (χ2v) is 0. The summed E-state index contributed by atoms with van der Waals surface area (Å²) < 4.78 is 0. The van der Waals surface area contributed by atoms with Gasteiger partial charge in [-0.05, 0) is 0 Å². The molecule has 0 atom stereocenters. The molecule has 22 valence electrons. The quantitative estimate of drug-likeness (QED) is 0.389. The molecule has 0 aromatic carbocycles. The summed E-state index contributed by atoms with van der Waals surface area (Å²) in [6.07, 6.45) is 0. The third-order valence-electron chi connectivity index (χ3n) is 0. The Hall–Kier alpha value is 4.33. The largest absolute Gasteiger partial charge is 0 e. The topological polar surface area (TPSA) is 0 Å². The van der Waals surface area contributed by atoms with Gasteiger partial charge in [-0.15, -0.1) is 0 Å². The second kappa shape index (κ2) is 23.9. The molecule has 0 N–H and O–H groups in total. The Morgan fingerprint density at radius 3 is 0.400 bits per heavy atom. The Morgan fingerprint density at radius 2 is 0.400 bits per heavy atom. The Morgan fingerprint density at radius 1 is 0.400 bits per heavy atom. The van der Waals surface area contributed by atoms with E-state index in [1.165, 1.54) is 0 Å². The first kappa shape index (κ1) is 34.5.